The highest BCUT2D eigenvalue weighted by Gasteiger charge is 2.45. The number of likely N-dealkylation sites (tertiary alicyclic amines) is 1. The van der Waals surface area contributed by atoms with Gasteiger partial charge in [0.1, 0.15) is 17.3 Å². The number of ether oxygens (including phenoxy) is 2. The van der Waals surface area contributed by atoms with Crippen LogP contribution in [0.25, 0.3) is 5.76 Å². The van der Waals surface area contributed by atoms with Crippen molar-refractivity contribution in [2.75, 3.05) is 26.9 Å². The summed E-state index contributed by atoms with van der Waals surface area (Å²) in [6, 6.07) is 12.1. The van der Waals surface area contributed by atoms with Crippen LogP contribution >= 0.6 is 0 Å². The van der Waals surface area contributed by atoms with E-state index < -0.39 is 17.7 Å². The highest BCUT2D eigenvalue weighted by molar-refractivity contribution is 6.46. The Bertz CT molecular complexity index is 917. The van der Waals surface area contributed by atoms with Gasteiger partial charge in [0.05, 0.1) is 24.8 Å². The van der Waals surface area contributed by atoms with E-state index in [4.69, 9.17) is 9.47 Å². The van der Waals surface area contributed by atoms with E-state index in [0.29, 0.717) is 23.5 Å². The Morgan fingerprint density at radius 1 is 1.07 bits per heavy atom. The summed E-state index contributed by atoms with van der Waals surface area (Å²) in [7, 11) is 1.51. The number of aromatic hydroxyl groups is 1. The Kier molecular flexibility index (Phi) is 6.19. The molecule has 1 aliphatic heterocycles. The van der Waals surface area contributed by atoms with Crippen LogP contribution < -0.4 is 4.74 Å². The molecule has 1 amide bonds. The lowest BCUT2D eigenvalue weighted by Gasteiger charge is -2.25. The highest BCUT2D eigenvalue weighted by atomic mass is 16.5. The number of hydrogen-bond donors (Lipinski definition) is 2. The van der Waals surface area contributed by atoms with Crippen molar-refractivity contribution in [2.45, 2.75) is 13.0 Å². The molecule has 2 N–H and O–H groups in total. The van der Waals surface area contributed by atoms with Crippen LogP contribution in [0.1, 0.15) is 24.1 Å². The third-order valence-corrected chi connectivity index (χ3v) is 4.72. The molecule has 1 atom stereocenters. The second kappa shape index (κ2) is 8.79. The van der Waals surface area contributed by atoms with Crippen LogP contribution in [-0.4, -0.2) is 53.7 Å². The Hall–Kier alpha value is -3.32. The van der Waals surface area contributed by atoms with Crippen LogP contribution in [0.4, 0.5) is 0 Å². The van der Waals surface area contributed by atoms with Crippen LogP contribution in [0.3, 0.4) is 0 Å². The zero-order valence-corrected chi connectivity index (χ0v) is 16.3. The predicted octanol–water partition coefficient (Wildman–Crippen LogP) is 2.86. The van der Waals surface area contributed by atoms with E-state index in [1.54, 1.807) is 36.4 Å². The van der Waals surface area contributed by atoms with Crippen molar-refractivity contribution in [2.24, 2.45) is 0 Å². The number of nitrogens with zero attached hydrogens (tertiary/aromatic N) is 1. The molecule has 2 aromatic carbocycles. The van der Waals surface area contributed by atoms with Gasteiger partial charge in [0.25, 0.3) is 11.7 Å². The third kappa shape index (κ3) is 4.09. The summed E-state index contributed by atoms with van der Waals surface area (Å²) in [5.41, 5.74) is 1.01. The fourth-order valence-corrected chi connectivity index (χ4v) is 3.33. The minimum atomic E-state index is -0.780. The highest BCUT2D eigenvalue weighted by Crippen LogP contribution is 2.39. The summed E-state index contributed by atoms with van der Waals surface area (Å²) in [5.74, 6) is -1.02. The third-order valence-electron chi connectivity index (χ3n) is 4.72. The van der Waals surface area contributed by atoms with Crippen LogP contribution in [0.15, 0.2) is 54.1 Å². The quantitative estimate of drug-likeness (QED) is 0.424. The van der Waals surface area contributed by atoms with Crippen molar-refractivity contribution in [3.05, 3.63) is 65.2 Å². The summed E-state index contributed by atoms with van der Waals surface area (Å²) in [6.45, 7) is 2.81. The average Bonchev–Trinajstić information content (AvgIpc) is 2.98. The molecular weight excluding hydrogens is 374 g/mol. The maximum absolute atomic E-state index is 12.8. The van der Waals surface area contributed by atoms with Gasteiger partial charge in [-0.15, -0.1) is 0 Å². The molecule has 0 radical (unpaired) electrons. The van der Waals surface area contributed by atoms with Gasteiger partial charge < -0.3 is 24.6 Å². The number of methoxy groups -OCH3 is 1. The molecule has 152 valence electrons. The summed E-state index contributed by atoms with van der Waals surface area (Å²) < 4.78 is 10.5. The first-order valence-corrected chi connectivity index (χ1v) is 9.27. The number of ketones is 1. The second-order valence-corrected chi connectivity index (χ2v) is 6.53. The zero-order chi connectivity index (χ0) is 21.0. The van der Waals surface area contributed by atoms with Gasteiger partial charge in [-0.05, 0) is 48.9 Å². The first-order chi connectivity index (χ1) is 14.0. The number of amides is 1. The monoisotopic (exact) mass is 397 g/mol. The molecule has 1 heterocycles. The Labute approximate surface area is 168 Å². The number of aliphatic hydroxyl groups excluding tert-OH is 1. The lowest BCUT2D eigenvalue weighted by atomic mass is 9.95. The predicted molar refractivity (Wildman–Crippen MR) is 107 cm³/mol. The van der Waals surface area contributed by atoms with Crippen molar-refractivity contribution < 1.29 is 29.3 Å². The van der Waals surface area contributed by atoms with Crippen molar-refractivity contribution in [3.8, 4) is 11.5 Å². The molecule has 1 saturated heterocycles. The van der Waals surface area contributed by atoms with Crippen LogP contribution in [0, 0.1) is 0 Å². The van der Waals surface area contributed by atoms with Gasteiger partial charge in [0.15, 0.2) is 0 Å². The standard InChI is InChI=1S/C22H23NO6/c1-3-29-17-10-6-15(7-11-17)20(25)18-19(14-4-8-16(24)9-5-14)23(12-13-28-2)22(27)21(18)26/h4-11,19,24-25H,3,12-13H2,1-2H3/b20-18+/t19-/m0/s1. The molecule has 7 nitrogen and oxygen atoms in total. The molecule has 0 unspecified atom stereocenters. The minimum absolute atomic E-state index is 0.000882. The summed E-state index contributed by atoms with van der Waals surface area (Å²) in [6.07, 6.45) is 0. The van der Waals surface area contributed by atoms with E-state index in [1.807, 2.05) is 6.92 Å². The van der Waals surface area contributed by atoms with Crippen LogP contribution in [-0.2, 0) is 14.3 Å². The summed E-state index contributed by atoms with van der Waals surface area (Å²) in [5, 5.41) is 20.5. The summed E-state index contributed by atoms with van der Waals surface area (Å²) >= 11 is 0. The van der Waals surface area contributed by atoms with Crippen molar-refractivity contribution in [3.63, 3.8) is 0 Å². The molecule has 2 aromatic rings. The number of benzene rings is 2. The minimum Gasteiger partial charge on any atom is -0.508 e. The van der Waals surface area contributed by atoms with E-state index in [0.717, 1.165) is 0 Å². The van der Waals surface area contributed by atoms with Gasteiger partial charge in [-0.1, -0.05) is 12.1 Å². The normalized spacial score (nSPS) is 18.3. The number of aliphatic hydroxyl groups is 1. The van der Waals surface area contributed by atoms with Crippen molar-refractivity contribution in [1.29, 1.82) is 0 Å². The van der Waals surface area contributed by atoms with Gasteiger partial charge in [-0.2, -0.15) is 0 Å². The maximum Gasteiger partial charge on any atom is 0.295 e. The van der Waals surface area contributed by atoms with E-state index in [2.05, 4.69) is 0 Å². The molecule has 29 heavy (non-hydrogen) atoms. The zero-order valence-electron chi connectivity index (χ0n) is 16.3. The lowest BCUT2D eigenvalue weighted by molar-refractivity contribution is -0.140. The fourth-order valence-electron chi connectivity index (χ4n) is 3.33. The second-order valence-electron chi connectivity index (χ2n) is 6.53. The molecule has 0 aromatic heterocycles. The van der Waals surface area contributed by atoms with Gasteiger partial charge in [0, 0.05) is 19.2 Å². The topological polar surface area (TPSA) is 96.3 Å². The smallest absolute Gasteiger partial charge is 0.295 e. The van der Waals surface area contributed by atoms with Crippen LogP contribution in [0.5, 0.6) is 11.5 Å². The number of phenols is 1. The van der Waals surface area contributed by atoms with Gasteiger partial charge in [-0.25, -0.2) is 0 Å². The SMILES string of the molecule is CCOc1ccc(/C(O)=C2\C(=O)C(=O)N(CCOC)[C@H]2c2ccc(O)cc2)cc1. The number of carbonyl (C=O) groups is 2. The Morgan fingerprint density at radius 2 is 1.72 bits per heavy atom. The van der Waals surface area contributed by atoms with Crippen molar-refractivity contribution in [1.82, 2.24) is 4.90 Å². The van der Waals surface area contributed by atoms with Gasteiger partial charge in [0.2, 0.25) is 0 Å². The molecular formula is C22H23NO6. The van der Waals surface area contributed by atoms with Gasteiger partial charge >= 0.3 is 0 Å². The lowest BCUT2D eigenvalue weighted by Crippen LogP contribution is -2.32. The maximum atomic E-state index is 12.8. The van der Waals surface area contributed by atoms with E-state index in [-0.39, 0.29) is 30.2 Å². The van der Waals surface area contributed by atoms with E-state index in [1.165, 1.54) is 24.1 Å². The number of phenolic OH excluding ortho intramolecular Hbond substituents is 1. The number of hydrogen-bond acceptors (Lipinski definition) is 6. The number of Topliss-reactive ketones (excluding diaryl/α,β-unsaturated/α-hetero) is 1. The fraction of sp³-hybridized carbons (Fsp3) is 0.273. The largest absolute Gasteiger partial charge is 0.508 e. The average molecular weight is 397 g/mol. The molecule has 3 rings (SSSR count). The molecule has 0 saturated carbocycles. The Balaban J connectivity index is 2.09. The molecule has 1 fully saturated rings. The van der Waals surface area contributed by atoms with Gasteiger partial charge in [-0.3, -0.25) is 9.59 Å². The first kappa shape index (κ1) is 20.4. The molecule has 7 heteroatoms. The first-order valence-electron chi connectivity index (χ1n) is 9.27. The molecule has 1 aliphatic rings. The van der Waals surface area contributed by atoms with E-state index in [9.17, 15) is 19.8 Å². The summed E-state index contributed by atoms with van der Waals surface area (Å²) in [4.78, 5) is 26.8. The number of rotatable bonds is 7. The Morgan fingerprint density at radius 3 is 2.31 bits per heavy atom. The number of carbonyl (C=O) groups excluding carboxylic acids is 2. The molecule has 0 aliphatic carbocycles. The molecule has 0 spiro atoms. The van der Waals surface area contributed by atoms with E-state index >= 15 is 0 Å². The molecule has 0 bridgehead atoms. The van der Waals surface area contributed by atoms with Crippen LogP contribution in [0.2, 0.25) is 0 Å². The van der Waals surface area contributed by atoms with Crippen molar-refractivity contribution >= 4 is 17.4 Å².